The van der Waals surface area contributed by atoms with Crippen molar-refractivity contribution in [1.29, 1.82) is 0 Å². The van der Waals surface area contributed by atoms with Gasteiger partial charge in [0.1, 0.15) is 11.5 Å². The van der Waals surface area contributed by atoms with Crippen LogP contribution in [-0.2, 0) is 81.1 Å². The average Bonchev–Trinajstić information content (AvgIpc) is 0.766. The molecule has 0 saturated carbocycles. The maximum atomic E-state index is 12.5. The summed E-state index contributed by atoms with van der Waals surface area (Å²) in [5, 5.41) is 27.7. The summed E-state index contributed by atoms with van der Waals surface area (Å²) in [6.45, 7) is 13.2. The van der Waals surface area contributed by atoms with E-state index in [4.69, 9.17) is 107 Å². The van der Waals surface area contributed by atoms with Gasteiger partial charge in [0.25, 0.3) is 52.9 Å². The van der Waals surface area contributed by atoms with Crippen molar-refractivity contribution in [1.82, 2.24) is 46.8 Å². The van der Waals surface area contributed by atoms with Gasteiger partial charge in [0.15, 0.2) is 72.4 Å². The molecule has 1 aliphatic heterocycles. The van der Waals surface area contributed by atoms with Gasteiger partial charge in [0.2, 0.25) is 0 Å². The van der Waals surface area contributed by atoms with E-state index in [1.165, 1.54) is 41.9 Å². The number of halogens is 6. The molecule has 5 heterocycles. The van der Waals surface area contributed by atoms with Gasteiger partial charge in [-0.25, -0.2) is 0 Å². The fourth-order valence-electron chi connectivity index (χ4n) is 12.8. The van der Waals surface area contributed by atoms with Crippen LogP contribution in [0.2, 0.25) is 20.1 Å². The highest BCUT2D eigenvalue weighted by atomic mass is 79.9. The van der Waals surface area contributed by atoms with Crippen LogP contribution in [0.4, 0.5) is 5.69 Å². The molecule has 0 aliphatic carbocycles. The number of hydrogen-bond donors (Lipinski definition) is 11. The number of benzene rings is 8. The van der Waals surface area contributed by atoms with E-state index in [9.17, 15) is 48.1 Å². The Balaban J connectivity index is 0.000000257. The Morgan fingerprint density at radius 2 is 0.921 bits per heavy atom. The highest BCUT2D eigenvalue weighted by Gasteiger charge is 2.33. The average molecular weight is 2120 g/mol. The van der Waals surface area contributed by atoms with Gasteiger partial charge in [0.05, 0.1) is 47.5 Å². The summed E-state index contributed by atoms with van der Waals surface area (Å²) in [4.78, 5) is 127. The highest BCUT2D eigenvalue weighted by molar-refractivity contribution is 9.10. The Labute approximate surface area is 852 Å². The van der Waals surface area contributed by atoms with E-state index in [1.54, 1.807) is 137 Å². The van der Waals surface area contributed by atoms with Crippen LogP contribution in [0.5, 0.6) is 46.0 Å². The predicted octanol–water partition coefficient (Wildman–Crippen LogP) is 14.6. The zero-order chi connectivity index (χ0) is 99.8. The molecule has 0 atom stereocenters. The minimum Gasteiger partial charge on any atom is -0.870 e. The van der Waals surface area contributed by atoms with Crippen LogP contribution in [0.3, 0.4) is 0 Å². The van der Waals surface area contributed by atoms with Crippen LogP contribution in [0.1, 0.15) is 120 Å². The standard InChI is InChI=1S/C19H18BrN3O3.C17H20ClN3O3.C16H18ClN3O3.C16H19ClN2O3S.C16H13NO3.C15H17ClN2O3S.ClH.H2O/c1-2-9-21-19(25)17(11-13-5-3-8-16(10-13)23-26)22-18(24)14-6-4-7-15(20)12-14;1-2-23-15-7-13(6-14(18)17(15)24-11-16(19)22)10-21-9-12-4-3-5-20-8-12;1-22-14-7-12(6-13(17)16(14)23-10-15(18)21)9-20-8-11-2-4-19-5-3-11;1-2-21-14-7-11(8-19-9-12-4-3-5-23-12)6-13(17)16(14)22-10-15(18)20;1-10(18)8-9-17-15(19)12-6-2-4-11-5-3-7-13(14(11)12)16(17)20;1-20-13-6-10(7-18-8-11-3-2-4-22-11)5-12(16)15(13)21-9-14(17)19;;/h3-8,10-12H,2,9H2,1H3,(H,21,25)(H,22,24);3-8,21H,2,9-11H2,1H3,(H2,19,22);2-7,20H,8-10H2,1H3,(H2,18,21);3-7,19H,2,8-10H2,1H3,(H2,18,20);2-7H,8-9H2,1H3;2-6,18H,7-9H2,1H3,(H2,17,19);1H;1H2/b17-11-;;;;;;;. The van der Waals surface area contributed by atoms with Crippen molar-refractivity contribution >= 4 is 173 Å². The Morgan fingerprint density at radius 3 is 1.33 bits per heavy atom. The number of rotatable bonds is 44. The molecule has 16 N–H and O–H groups in total. The lowest BCUT2D eigenvalue weighted by molar-refractivity contribution is -0.379. The SMILES string of the molecule is CC(=O)CCN1C(=O)c2cccc3cccc(c23)C1=O.CCCNC(=O)/C(=C/c1cccc([NH+]=O)c1)NC(=O)c1cccc(Br)c1.CCOc1cc(CNCc2cccnc2)cc(Cl)c1OCC(N)=O.CCOc1cc(CNCc2cccs2)cc(Cl)c1OCC(N)=O.COc1cc(CNCc2cccs2)cc(Cl)c1OCC(N)=O.COc1cc(CNCc2ccncc2)cc(Cl)c1OCC(N)=O.Cl.[OH-]. The summed E-state index contributed by atoms with van der Waals surface area (Å²) in [5.41, 5.74) is 28.9. The van der Waals surface area contributed by atoms with Crippen LogP contribution < -0.4 is 97.9 Å². The predicted molar refractivity (Wildman–Crippen MR) is 546 cm³/mol. The van der Waals surface area contributed by atoms with E-state index in [0.29, 0.717) is 158 Å². The Hall–Kier alpha value is -13.2. The summed E-state index contributed by atoms with van der Waals surface area (Å²) in [6.07, 6.45) is 9.55. The van der Waals surface area contributed by atoms with Gasteiger partial charge >= 0.3 is 0 Å². The van der Waals surface area contributed by atoms with E-state index < -0.39 is 35.4 Å². The quantitative estimate of drug-likeness (QED) is 0.0125. The van der Waals surface area contributed by atoms with E-state index in [1.807, 2.05) is 117 Å². The minimum atomic E-state index is -0.578. The van der Waals surface area contributed by atoms with Crippen LogP contribution in [0, 0.1) is 4.91 Å². The molecule has 12 aromatic rings. The lowest BCUT2D eigenvalue weighted by Gasteiger charge is -2.26. The molecule has 0 spiro atoms. The molecular weight excluding hydrogens is 2010 g/mol. The molecule has 0 unspecified atom stereocenters. The van der Waals surface area contributed by atoms with E-state index in [0.717, 1.165) is 62.7 Å². The number of thiophene rings is 2. The van der Waals surface area contributed by atoms with Crippen molar-refractivity contribution < 1.29 is 91.7 Å². The number of hydrogen-bond acceptors (Lipinski definition) is 27. The van der Waals surface area contributed by atoms with Crippen LogP contribution in [-0.4, -0.2) is 140 Å². The highest BCUT2D eigenvalue weighted by Crippen LogP contribution is 2.41. The first-order valence-corrected chi connectivity index (χ1v) is 46.9. The number of nitroso groups, excluding NO2 is 1. The first-order valence-electron chi connectivity index (χ1n) is 42.9. The molecule has 0 fully saturated rings. The second-order valence-corrected chi connectivity index (χ2v) is 34.2. The zero-order valence-corrected chi connectivity index (χ0v) is 84.2. The van der Waals surface area contributed by atoms with Crippen molar-refractivity contribution in [3.05, 3.63) is 318 Å². The second kappa shape index (κ2) is 62.0. The molecule has 41 heteroatoms. The van der Waals surface area contributed by atoms with Crippen LogP contribution >= 0.6 is 97.4 Å². The molecule has 0 bridgehead atoms. The number of carbonyl (C=O) groups excluding carboxylic acids is 9. The van der Waals surface area contributed by atoms with Crippen molar-refractivity contribution in [2.75, 3.05) is 67.0 Å². The van der Waals surface area contributed by atoms with Gasteiger partial charge in [-0.2, -0.15) is 0 Å². The summed E-state index contributed by atoms with van der Waals surface area (Å²) >= 11 is 31.6. The number of pyridine rings is 2. The molecule has 742 valence electrons. The first-order chi connectivity index (χ1) is 66.5. The second-order valence-electron chi connectivity index (χ2n) is 29.6. The number of Topliss-reactive ketones (excluding diaryl/α,β-unsaturated/α-hetero) is 1. The van der Waals surface area contributed by atoms with Crippen molar-refractivity contribution in [2.24, 2.45) is 22.9 Å². The largest absolute Gasteiger partial charge is 0.870 e. The van der Waals surface area contributed by atoms with Gasteiger partial charge in [0, 0.05) is 155 Å². The van der Waals surface area contributed by atoms with E-state index >= 15 is 0 Å². The van der Waals surface area contributed by atoms with Gasteiger partial charge in [-0.1, -0.05) is 130 Å². The Bertz CT molecular complexity index is 6080. The zero-order valence-electron chi connectivity index (χ0n) is 77.2. The Kier molecular flexibility index (Phi) is 51.2. The number of aromatic nitrogens is 2. The molecule has 4 aromatic heterocycles. The number of primary amides is 4. The summed E-state index contributed by atoms with van der Waals surface area (Å²) in [6, 6.07) is 54.7. The lowest BCUT2D eigenvalue weighted by Crippen LogP contribution is -2.55. The third-order valence-corrected chi connectivity index (χ3v) is 22.3. The number of ether oxygens (including phenoxy) is 8. The summed E-state index contributed by atoms with van der Waals surface area (Å²) in [7, 11) is 3.03. The number of nitrogens with one attached hydrogen (secondary N) is 7. The molecule has 140 heavy (non-hydrogen) atoms. The molecule has 8 amide bonds. The minimum absolute atomic E-state index is 0. The third-order valence-electron chi connectivity index (χ3n) is 18.9. The number of carbonyl (C=O) groups is 9. The lowest BCUT2D eigenvalue weighted by atomic mass is 9.94. The van der Waals surface area contributed by atoms with Crippen molar-refractivity contribution in [3.8, 4) is 46.0 Å². The first kappa shape index (κ1) is 116. The van der Waals surface area contributed by atoms with Gasteiger partial charge in [-0.05, 0) is 198 Å². The van der Waals surface area contributed by atoms with Crippen molar-refractivity contribution in [2.45, 2.75) is 92.9 Å². The molecule has 0 saturated heterocycles. The maximum Gasteiger partial charge on any atom is 0.267 e. The number of methoxy groups -OCH3 is 2. The number of nitrogens with zero attached hydrogens (tertiary/aromatic N) is 3. The fraction of sp³-hybridized carbons (Fsp3) is 0.242. The molecule has 13 rings (SSSR count). The number of ketones is 1. The van der Waals surface area contributed by atoms with Crippen molar-refractivity contribution in [3.63, 3.8) is 0 Å². The molecule has 33 nitrogen and oxygen atoms in total. The third kappa shape index (κ3) is 38.9. The maximum absolute atomic E-state index is 12.5. The fourth-order valence-corrected chi connectivity index (χ4v) is 15.7. The van der Waals surface area contributed by atoms with Crippen LogP contribution in [0.25, 0.3) is 16.8 Å². The number of amides is 8. The smallest absolute Gasteiger partial charge is 0.267 e. The molecule has 0 radical (unpaired) electrons. The summed E-state index contributed by atoms with van der Waals surface area (Å²) in [5.74, 6) is -0.521. The number of imide groups is 1. The van der Waals surface area contributed by atoms with Gasteiger partial charge < -0.3 is 98.2 Å². The van der Waals surface area contributed by atoms with E-state index in [2.05, 4.69) is 69.9 Å². The Morgan fingerprint density at radius 1 is 0.486 bits per heavy atom. The number of nitrogens with two attached hydrogens (primary N) is 4. The normalized spacial score (nSPS) is 10.9. The van der Waals surface area contributed by atoms with Gasteiger partial charge in [-0.15, -0.1) is 35.1 Å². The molecular formula is C99H108BrCl5N14O19S2. The topological polar surface area (TPSA) is 494 Å². The van der Waals surface area contributed by atoms with Crippen LogP contribution in [0.15, 0.2) is 228 Å². The molecule has 1 aliphatic rings. The van der Waals surface area contributed by atoms with Gasteiger partial charge in [-0.3, -0.25) is 58.0 Å². The summed E-state index contributed by atoms with van der Waals surface area (Å²) < 4.78 is 43.7. The van der Waals surface area contributed by atoms with E-state index in [-0.39, 0.29) is 80.6 Å². The monoisotopic (exact) mass is 2110 g/mol. The molecule has 8 aromatic carbocycles.